The number of aliphatic hydroxyl groups excluding tert-OH is 1. The van der Waals surface area contributed by atoms with Crippen LogP contribution in [0.25, 0.3) is 0 Å². The quantitative estimate of drug-likeness (QED) is 0.0251. The van der Waals surface area contributed by atoms with Gasteiger partial charge in [-0.1, -0.05) is 147 Å². The van der Waals surface area contributed by atoms with Gasteiger partial charge < -0.3 is 19.8 Å². The first-order valence-electron chi connectivity index (χ1n) is 21.4. The molecule has 9 heteroatoms. The van der Waals surface area contributed by atoms with Crippen LogP contribution in [0.15, 0.2) is 36.5 Å². The van der Waals surface area contributed by atoms with Crippen molar-refractivity contribution in [2.75, 3.05) is 40.9 Å². The Balaban J connectivity index is 4.45. The van der Waals surface area contributed by atoms with E-state index in [2.05, 4.69) is 43.5 Å². The van der Waals surface area contributed by atoms with Crippen molar-refractivity contribution in [3.63, 3.8) is 0 Å². The van der Waals surface area contributed by atoms with Gasteiger partial charge in [-0.2, -0.15) is 0 Å². The number of carbonyl (C=O) groups is 1. The second-order valence-electron chi connectivity index (χ2n) is 15.7. The third-order valence-corrected chi connectivity index (χ3v) is 10.3. The van der Waals surface area contributed by atoms with Crippen molar-refractivity contribution >= 4 is 13.7 Å². The van der Waals surface area contributed by atoms with Crippen molar-refractivity contribution in [2.24, 2.45) is 0 Å². The Morgan fingerprint density at radius 2 is 1.08 bits per heavy atom. The fourth-order valence-electron chi connectivity index (χ4n) is 5.86. The molecular weight excluding hydrogens is 671 g/mol. The molecule has 0 aliphatic rings. The monoisotopic (exact) mass is 756 g/mol. The van der Waals surface area contributed by atoms with Gasteiger partial charge in [0.25, 0.3) is 0 Å². The summed E-state index contributed by atoms with van der Waals surface area (Å²) in [6.45, 7) is 4.74. The van der Waals surface area contributed by atoms with Crippen LogP contribution in [0.2, 0.25) is 0 Å². The Morgan fingerprint density at radius 1 is 0.635 bits per heavy atom. The molecule has 306 valence electrons. The maximum atomic E-state index is 12.8. The molecule has 3 atom stereocenters. The molecule has 0 saturated heterocycles. The van der Waals surface area contributed by atoms with E-state index in [-0.39, 0.29) is 19.1 Å². The van der Waals surface area contributed by atoms with Crippen LogP contribution in [0, 0.1) is 0 Å². The number of allylic oxidation sites excluding steroid dienone is 5. The van der Waals surface area contributed by atoms with E-state index in [0.29, 0.717) is 17.4 Å². The number of amides is 1. The lowest BCUT2D eigenvalue weighted by atomic mass is 10.1. The molecule has 8 nitrogen and oxygen atoms in total. The molecule has 0 bridgehead atoms. The molecule has 0 aromatic rings. The SMILES string of the molecule is CCC/C=C/CCCCCCCC/C=C/[C@@H](O)[C@H](COP(=O)(O)OCC[N+](C)(C)C)NC(=O)CCCCCCCCC/C=C/CCCCCCCC. The third-order valence-electron chi connectivity index (χ3n) is 9.30. The number of nitrogens with zero attached hydrogens (tertiary/aromatic N) is 1. The first-order chi connectivity index (χ1) is 25.0. The highest BCUT2D eigenvalue weighted by Gasteiger charge is 2.27. The minimum Gasteiger partial charge on any atom is -0.387 e. The lowest BCUT2D eigenvalue weighted by molar-refractivity contribution is -0.870. The first-order valence-corrected chi connectivity index (χ1v) is 22.9. The van der Waals surface area contributed by atoms with Crippen LogP contribution < -0.4 is 5.32 Å². The summed E-state index contributed by atoms with van der Waals surface area (Å²) in [6.07, 6.45) is 42.0. The maximum Gasteiger partial charge on any atom is 0.472 e. The van der Waals surface area contributed by atoms with E-state index in [1.165, 1.54) is 122 Å². The molecule has 0 spiro atoms. The fraction of sp³-hybridized carbons (Fsp3) is 0.837. The normalized spacial score (nSPS) is 14.8. The van der Waals surface area contributed by atoms with Crippen LogP contribution in [0.4, 0.5) is 0 Å². The zero-order chi connectivity index (χ0) is 38.6. The van der Waals surface area contributed by atoms with Gasteiger partial charge >= 0.3 is 7.82 Å². The molecule has 0 aromatic heterocycles. The molecule has 1 unspecified atom stereocenters. The van der Waals surface area contributed by atoms with Crippen molar-refractivity contribution in [1.82, 2.24) is 5.32 Å². The van der Waals surface area contributed by atoms with Crippen LogP contribution in [0.5, 0.6) is 0 Å². The smallest absolute Gasteiger partial charge is 0.387 e. The van der Waals surface area contributed by atoms with Gasteiger partial charge in [0.05, 0.1) is 39.9 Å². The predicted molar refractivity (Wildman–Crippen MR) is 221 cm³/mol. The number of likely N-dealkylation sites (N-methyl/N-ethyl adjacent to an activating group) is 1. The lowest BCUT2D eigenvalue weighted by Gasteiger charge is -2.25. The van der Waals surface area contributed by atoms with E-state index in [1.807, 2.05) is 27.2 Å². The molecular formula is C43H84N2O6P+. The number of carbonyl (C=O) groups excluding carboxylic acids is 1. The number of hydrogen-bond acceptors (Lipinski definition) is 5. The van der Waals surface area contributed by atoms with Crippen LogP contribution in [-0.2, 0) is 18.4 Å². The predicted octanol–water partition coefficient (Wildman–Crippen LogP) is 11.5. The zero-order valence-electron chi connectivity index (χ0n) is 34.5. The molecule has 0 aliphatic carbocycles. The zero-order valence-corrected chi connectivity index (χ0v) is 35.4. The topological polar surface area (TPSA) is 105 Å². The highest BCUT2D eigenvalue weighted by atomic mass is 31.2. The van der Waals surface area contributed by atoms with Gasteiger partial charge in [0, 0.05) is 6.42 Å². The number of phosphoric ester groups is 1. The van der Waals surface area contributed by atoms with Crippen LogP contribution in [-0.4, -0.2) is 73.4 Å². The van der Waals surface area contributed by atoms with Gasteiger partial charge in [-0.25, -0.2) is 4.57 Å². The van der Waals surface area contributed by atoms with E-state index in [9.17, 15) is 19.4 Å². The largest absolute Gasteiger partial charge is 0.472 e. The summed E-state index contributed by atoms with van der Waals surface area (Å²) >= 11 is 0. The highest BCUT2D eigenvalue weighted by Crippen LogP contribution is 2.43. The van der Waals surface area contributed by atoms with Gasteiger partial charge in [0.1, 0.15) is 13.2 Å². The van der Waals surface area contributed by atoms with Gasteiger partial charge in [-0.3, -0.25) is 13.8 Å². The van der Waals surface area contributed by atoms with Crippen LogP contribution in [0.3, 0.4) is 0 Å². The number of nitrogens with one attached hydrogen (secondary N) is 1. The minimum atomic E-state index is -4.34. The molecule has 0 rings (SSSR count). The van der Waals surface area contributed by atoms with Gasteiger partial charge in [-0.15, -0.1) is 0 Å². The molecule has 1 amide bonds. The summed E-state index contributed by atoms with van der Waals surface area (Å²) < 4.78 is 23.5. The maximum absolute atomic E-state index is 12.8. The Kier molecular flexibility index (Phi) is 34.6. The molecule has 0 fully saturated rings. The van der Waals surface area contributed by atoms with Gasteiger partial charge in [0.15, 0.2) is 0 Å². The number of unbranched alkanes of at least 4 members (excludes halogenated alkanes) is 21. The average molecular weight is 756 g/mol. The number of quaternary nitrogens is 1. The molecule has 3 N–H and O–H groups in total. The Hall–Kier alpha value is -1.28. The van der Waals surface area contributed by atoms with E-state index in [0.717, 1.165) is 38.5 Å². The Bertz CT molecular complexity index is 948. The molecule has 0 saturated carbocycles. The van der Waals surface area contributed by atoms with Crippen molar-refractivity contribution < 1.29 is 32.9 Å². The van der Waals surface area contributed by atoms with Crippen LogP contribution in [0.1, 0.15) is 181 Å². The van der Waals surface area contributed by atoms with E-state index in [1.54, 1.807) is 6.08 Å². The number of aliphatic hydroxyl groups is 1. The summed E-state index contributed by atoms with van der Waals surface area (Å²) in [5, 5.41) is 13.8. The summed E-state index contributed by atoms with van der Waals surface area (Å²) in [7, 11) is 1.56. The molecule has 0 radical (unpaired) electrons. The Morgan fingerprint density at radius 3 is 1.56 bits per heavy atom. The van der Waals surface area contributed by atoms with E-state index >= 15 is 0 Å². The van der Waals surface area contributed by atoms with Gasteiger partial charge in [0.2, 0.25) is 5.91 Å². The van der Waals surface area contributed by atoms with Crippen LogP contribution >= 0.6 is 7.82 Å². The first kappa shape index (κ1) is 50.7. The lowest BCUT2D eigenvalue weighted by Crippen LogP contribution is -2.45. The van der Waals surface area contributed by atoms with Crippen molar-refractivity contribution in [1.29, 1.82) is 0 Å². The molecule has 0 aromatic carbocycles. The molecule has 0 aliphatic heterocycles. The molecule has 0 heterocycles. The summed E-state index contributed by atoms with van der Waals surface area (Å²) in [5.74, 6) is -0.187. The number of rotatable bonds is 38. The fourth-order valence-corrected chi connectivity index (χ4v) is 6.60. The Labute approximate surface area is 321 Å². The third kappa shape index (κ3) is 37.1. The van der Waals surface area contributed by atoms with E-state index < -0.39 is 20.0 Å². The second kappa shape index (κ2) is 35.4. The number of phosphoric acid groups is 1. The highest BCUT2D eigenvalue weighted by molar-refractivity contribution is 7.47. The van der Waals surface area contributed by atoms with E-state index in [4.69, 9.17) is 9.05 Å². The standard InChI is InChI=1S/C43H83N2O6P/c1-6-8-10-12-14-16-18-20-21-22-23-25-27-29-31-33-35-37-43(47)44-41(40-51-52(48,49)50-39-38-45(3,4)5)42(46)36-34-32-30-28-26-24-19-17-15-13-11-9-7-2/h11,13,20-21,34,36,41-42,46H,6-10,12,14-19,22-33,35,37-40H2,1-5H3,(H-,44,47,48,49)/p+1/b13-11+,21-20+,36-34+/t41-,42+/m0/s1. The average Bonchev–Trinajstić information content (AvgIpc) is 3.09. The van der Waals surface area contributed by atoms with Crippen molar-refractivity contribution in [2.45, 2.75) is 193 Å². The number of hydrogen-bond donors (Lipinski definition) is 3. The van der Waals surface area contributed by atoms with Crippen molar-refractivity contribution in [3.8, 4) is 0 Å². The second-order valence-corrected chi connectivity index (χ2v) is 17.2. The van der Waals surface area contributed by atoms with Crippen molar-refractivity contribution in [3.05, 3.63) is 36.5 Å². The van der Waals surface area contributed by atoms with Gasteiger partial charge in [-0.05, 0) is 64.2 Å². The summed E-state index contributed by atoms with van der Waals surface area (Å²) in [5.41, 5.74) is 0. The summed E-state index contributed by atoms with van der Waals surface area (Å²) in [4.78, 5) is 23.1. The summed E-state index contributed by atoms with van der Waals surface area (Å²) in [6, 6.07) is -0.850. The molecule has 52 heavy (non-hydrogen) atoms. The minimum absolute atomic E-state index is 0.0587.